The summed E-state index contributed by atoms with van der Waals surface area (Å²) in [5.41, 5.74) is 4.93. The zero-order chi connectivity index (χ0) is 18.0. The van der Waals surface area contributed by atoms with Gasteiger partial charge < -0.3 is 5.32 Å². The van der Waals surface area contributed by atoms with Gasteiger partial charge in [0.2, 0.25) is 5.91 Å². The summed E-state index contributed by atoms with van der Waals surface area (Å²) in [6, 6.07) is 7.81. The van der Waals surface area contributed by atoms with E-state index in [2.05, 4.69) is 31.4 Å². The maximum Gasteiger partial charge on any atom is 0.246 e. The van der Waals surface area contributed by atoms with Gasteiger partial charge in [0.1, 0.15) is 6.54 Å². The summed E-state index contributed by atoms with van der Waals surface area (Å²) in [5, 5.41) is 11.6. The van der Waals surface area contributed by atoms with Crippen molar-refractivity contribution >= 4 is 27.5 Å². The third kappa shape index (κ3) is 4.17. The Balaban J connectivity index is 1.68. The lowest BCUT2D eigenvalue weighted by Crippen LogP contribution is -2.19. The molecule has 7 heteroatoms. The zero-order valence-corrected chi connectivity index (χ0v) is 16.0. The number of aromatic nitrogens is 4. The van der Waals surface area contributed by atoms with Gasteiger partial charge >= 0.3 is 0 Å². The molecule has 25 heavy (non-hydrogen) atoms. The number of hydrogen-bond acceptors (Lipinski definition) is 3. The van der Waals surface area contributed by atoms with Crippen molar-refractivity contribution in [1.29, 1.82) is 0 Å². The molecular weight excluding hydrogens is 382 g/mol. The molecule has 0 aliphatic carbocycles. The van der Waals surface area contributed by atoms with E-state index in [1.54, 1.807) is 10.9 Å². The average Bonchev–Trinajstić information content (AvgIpc) is 3.06. The van der Waals surface area contributed by atoms with Crippen molar-refractivity contribution in [2.45, 2.75) is 33.9 Å². The third-order valence-corrected chi connectivity index (χ3v) is 5.05. The molecule has 0 aliphatic heterocycles. The first kappa shape index (κ1) is 17.4. The van der Waals surface area contributed by atoms with Crippen LogP contribution in [-0.2, 0) is 17.9 Å². The Hall–Kier alpha value is -2.41. The second-order valence-electron chi connectivity index (χ2n) is 6.11. The minimum atomic E-state index is -0.103. The highest BCUT2D eigenvalue weighted by atomic mass is 79.9. The molecule has 2 heterocycles. The Bertz CT molecular complexity index is 912. The fraction of sp³-hybridized carbons (Fsp3) is 0.278. The van der Waals surface area contributed by atoms with Crippen molar-refractivity contribution in [3.8, 4) is 0 Å². The number of rotatable bonds is 5. The Morgan fingerprint density at radius 3 is 2.72 bits per heavy atom. The van der Waals surface area contributed by atoms with Crippen LogP contribution < -0.4 is 5.32 Å². The number of aryl methyl sites for hydroxylation is 2. The lowest BCUT2D eigenvalue weighted by molar-refractivity contribution is -0.116. The molecule has 2 aromatic heterocycles. The number of nitrogens with zero attached hydrogens (tertiary/aromatic N) is 4. The van der Waals surface area contributed by atoms with Crippen molar-refractivity contribution in [2.24, 2.45) is 0 Å². The number of hydrogen-bond donors (Lipinski definition) is 1. The zero-order valence-electron chi connectivity index (χ0n) is 14.5. The van der Waals surface area contributed by atoms with Crippen LogP contribution in [-0.4, -0.2) is 25.5 Å². The highest BCUT2D eigenvalue weighted by molar-refractivity contribution is 9.10. The van der Waals surface area contributed by atoms with Gasteiger partial charge in [0, 0.05) is 11.9 Å². The number of nitrogens with one attached hydrogen (secondary N) is 1. The molecule has 0 aliphatic rings. The third-order valence-electron chi connectivity index (χ3n) is 3.90. The summed E-state index contributed by atoms with van der Waals surface area (Å²) < 4.78 is 4.61. The summed E-state index contributed by atoms with van der Waals surface area (Å²) in [5.74, 6) is -0.103. The molecule has 0 saturated carbocycles. The Labute approximate surface area is 155 Å². The van der Waals surface area contributed by atoms with Crippen LogP contribution in [0.25, 0.3) is 0 Å². The topological polar surface area (TPSA) is 64.7 Å². The smallest absolute Gasteiger partial charge is 0.246 e. The van der Waals surface area contributed by atoms with E-state index in [9.17, 15) is 4.79 Å². The summed E-state index contributed by atoms with van der Waals surface area (Å²) in [4.78, 5) is 12.2. The van der Waals surface area contributed by atoms with Crippen LogP contribution >= 0.6 is 15.9 Å². The van der Waals surface area contributed by atoms with Gasteiger partial charge in [0.25, 0.3) is 0 Å². The minimum Gasteiger partial charge on any atom is -0.324 e. The second kappa shape index (κ2) is 7.23. The van der Waals surface area contributed by atoms with Crippen molar-refractivity contribution in [3.63, 3.8) is 0 Å². The molecule has 0 atom stereocenters. The van der Waals surface area contributed by atoms with E-state index in [0.29, 0.717) is 6.54 Å². The number of carbonyl (C=O) groups is 1. The van der Waals surface area contributed by atoms with E-state index in [-0.39, 0.29) is 12.5 Å². The van der Waals surface area contributed by atoms with Crippen LogP contribution in [0.1, 0.15) is 22.5 Å². The van der Waals surface area contributed by atoms with Crippen molar-refractivity contribution in [3.05, 3.63) is 63.6 Å². The highest BCUT2D eigenvalue weighted by Crippen LogP contribution is 2.21. The standard InChI is InChI=1S/C18H20BrN5O/c1-12-8-20-23(9-12)11-17(25)21-16-6-4-5-15(7-16)10-24-14(3)18(19)13(2)22-24/h4-9H,10-11H2,1-3H3,(H,21,25). The summed E-state index contributed by atoms with van der Waals surface area (Å²) in [6.45, 7) is 6.80. The normalized spacial score (nSPS) is 10.9. The molecule has 0 bridgehead atoms. The first-order valence-corrected chi connectivity index (χ1v) is 8.79. The number of anilines is 1. The minimum absolute atomic E-state index is 0.103. The molecule has 0 radical (unpaired) electrons. The Morgan fingerprint density at radius 1 is 1.28 bits per heavy atom. The maximum absolute atomic E-state index is 12.2. The SMILES string of the molecule is Cc1cnn(CC(=O)Nc2cccc(Cn3nc(C)c(Br)c3C)c2)c1. The largest absolute Gasteiger partial charge is 0.324 e. The van der Waals surface area contributed by atoms with Crippen LogP contribution in [0.3, 0.4) is 0 Å². The fourth-order valence-electron chi connectivity index (χ4n) is 2.65. The first-order valence-electron chi connectivity index (χ1n) is 7.99. The number of benzene rings is 1. The van der Waals surface area contributed by atoms with Crippen molar-refractivity contribution in [1.82, 2.24) is 19.6 Å². The number of carbonyl (C=O) groups excluding carboxylic acids is 1. The molecule has 0 saturated heterocycles. The molecular formula is C18H20BrN5O. The average molecular weight is 402 g/mol. The van der Waals surface area contributed by atoms with Crippen molar-refractivity contribution in [2.75, 3.05) is 5.32 Å². The molecule has 1 amide bonds. The van der Waals surface area contributed by atoms with Gasteiger partial charge in [-0.2, -0.15) is 10.2 Å². The summed E-state index contributed by atoms with van der Waals surface area (Å²) >= 11 is 3.55. The van der Waals surface area contributed by atoms with Crippen LogP contribution in [0.4, 0.5) is 5.69 Å². The summed E-state index contributed by atoms with van der Waals surface area (Å²) in [6.07, 6.45) is 3.58. The van der Waals surface area contributed by atoms with E-state index in [0.717, 1.165) is 32.7 Å². The van der Waals surface area contributed by atoms with Gasteiger partial charge in [-0.25, -0.2) is 0 Å². The van der Waals surface area contributed by atoms with E-state index < -0.39 is 0 Å². The fourth-order valence-corrected chi connectivity index (χ4v) is 2.93. The van der Waals surface area contributed by atoms with Crippen LogP contribution in [0.15, 0.2) is 41.1 Å². The van der Waals surface area contributed by atoms with Crippen LogP contribution in [0.5, 0.6) is 0 Å². The van der Waals surface area contributed by atoms with Crippen molar-refractivity contribution < 1.29 is 4.79 Å². The Morgan fingerprint density at radius 2 is 2.08 bits per heavy atom. The van der Waals surface area contributed by atoms with Crippen LogP contribution in [0.2, 0.25) is 0 Å². The molecule has 3 aromatic rings. The van der Waals surface area contributed by atoms with Gasteiger partial charge in [0.15, 0.2) is 0 Å². The van der Waals surface area contributed by atoms with E-state index in [1.807, 2.05) is 55.9 Å². The lowest BCUT2D eigenvalue weighted by Gasteiger charge is -2.09. The van der Waals surface area contributed by atoms with Gasteiger partial charge in [0.05, 0.1) is 28.6 Å². The van der Waals surface area contributed by atoms with Gasteiger partial charge in [-0.3, -0.25) is 14.2 Å². The van der Waals surface area contributed by atoms with Gasteiger partial charge in [-0.05, 0) is 60.0 Å². The van der Waals surface area contributed by atoms with E-state index in [1.165, 1.54) is 0 Å². The first-order chi connectivity index (χ1) is 11.9. The van der Waals surface area contributed by atoms with Gasteiger partial charge in [-0.15, -0.1) is 0 Å². The molecule has 1 aromatic carbocycles. The molecule has 130 valence electrons. The van der Waals surface area contributed by atoms with Crippen LogP contribution in [0, 0.1) is 20.8 Å². The van der Waals surface area contributed by atoms with Gasteiger partial charge in [-0.1, -0.05) is 12.1 Å². The van der Waals surface area contributed by atoms with E-state index >= 15 is 0 Å². The monoisotopic (exact) mass is 401 g/mol. The quantitative estimate of drug-likeness (QED) is 0.711. The molecule has 6 nitrogen and oxygen atoms in total. The predicted molar refractivity (Wildman–Crippen MR) is 101 cm³/mol. The number of halogens is 1. The lowest BCUT2D eigenvalue weighted by atomic mass is 10.2. The molecule has 0 fully saturated rings. The second-order valence-corrected chi connectivity index (χ2v) is 6.90. The molecule has 0 spiro atoms. The molecule has 0 unspecified atom stereocenters. The predicted octanol–water partition coefficient (Wildman–Crippen LogP) is 3.45. The maximum atomic E-state index is 12.2. The number of amides is 1. The molecule has 3 rings (SSSR count). The van der Waals surface area contributed by atoms with E-state index in [4.69, 9.17) is 0 Å². The Kier molecular flexibility index (Phi) is 5.03. The highest BCUT2D eigenvalue weighted by Gasteiger charge is 2.10. The molecule has 1 N–H and O–H groups in total. The summed E-state index contributed by atoms with van der Waals surface area (Å²) in [7, 11) is 0.